The first-order chi connectivity index (χ1) is 6.85. The van der Waals surface area contributed by atoms with Gasteiger partial charge in [0.25, 0.3) is 0 Å². The maximum Gasteiger partial charge on any atom is 0.00676 e. The third kappa shape index (κ3) is 4.55. The monoisotopic (exact) mass is 211 g/mol. The third-order valence-electron chi connectivity index (χ3n) is 4.17. The van der Waals surface area contributed by atoms with Crippen LogP contribution in [0.4, 0.5) is 0 Å². The van der Waals surface area contributed by atoms with Crippen molar-refractivity contribution in [3.63, 3.8) is 0 Å². The molecule has 1 heteroatoms. The van der Waals surface area contributed by atoms with Crippen molar-refractivity contribution in [2.75, 3.05) is 6.54 Å². The summed E-state index contributed by atoms with van der Waals surface area (Å²) in [7, 11) is 0. The van der Waals surface area contributed by atoms with Crippen LogP contribution in [0, 0.1) is 10.8 Å². The van der Waals surface area contributed by atoms with E-state index in [0.717, 1.165) is 6.04 Å². The summed E-state index contributed by atoms with van der Waals surface area (Å²) in [6.07, 6.45) is 6.77. The molecular formula is C14H29N. The van der Waals surface area contributed by atoms with Gasteiger partial charge in [-0.2, -0.15) is 0 Å². The maximum absolute atomic E-state index is 3.75. The summed E-state index contributed by atoms with van der Waals surface area (Å²) in [5.74, 6) is 0. The second-order valence-corrected chi connectivity index (χ2v) is 6.84. The van der Waals surface area contributed by atoms with Crippen molar-refractivity contribution in [1.29, 1.82) is 0 Å². The van der Waals surface area contributed by atoms with Crippen molar-refractivity contribution in [3.05, 3.63) is 0 Å². The Hall–Kier alpha value is -0.0400. The lowest BCUT2D eigenvalue weighted by Gasteiger charge is -2.36. The number of rotatable bonds is 4. The summed E-state index contributed by atoms with van der Waals surface area (Å²) in [6, 6.07) is 0.781. The highest BCUT2D eigenvalue weighted by molar-refractivity contribution is 4.83. The van der Waals surface area contributed by atoms with Crippen molar-refractivity contribution >= 4 is 0 Å². The lowest BCUT2D eigenvalue weighted by molar-refractivity contribution is 0.193. The highest BCUT2D eigenvalue weighted by atomic mass is 14.9. The van der Waals surface area contributed by atoms with Crippen molar-refractivity contribution in [2.24, 2.45) is 10.8 Å². The van der Waals surface area contributed by atoms with Gasteiger partial charge in [0.15, 0.2) is 0 Å². The second kappa shape index (κ2) is 4.86. The molecular weight excluding hydrogens is 182 g/mol. The zero-order valence-corrected chi connectivity index (χ0v) is 11.3. The Balaban J connectivity index is 2.25. The Kier molecular flexibility index (Phi) is 4.22. The fraction of sp³-hybridized carbons (Fsp3) is 1.00. The Bertz CT molecular complexity index is 184. The molecule has 0 amide bonds. The fourth-order valence-corrected chi connectivity index (χ4v) is 2.15. The summed E-state index contributed by atoms with van der Waals surface area (Å²) in [4.78, 5) is 0. The topological polar surface area (TPSA) is 12.0 Å². The van der Waals surface area contributed by atoms with Gasteiger partial charge in [-0.15, -0.1) is 0 Å². The van der Waals surface area contributed by atoms with Gasteiger partial charge in [-0.3, -0.25) is 0 Å². The average Bonchev–Trinajstić information content (AvgIpc) is 2.16. The van der Waals surface area contributed by atoms with E-state index < -0.39 is 0 Å². The van der Waals surface area contributed by atoms with Crippen molar-refractivity contribution in [3.8, 4) is 0 Å². The minimum atomic E-state index is 0.465. The molecule has 1 fully saturated rings. The van der Waals surface area contributed by atoms with Gasteiger partial charge in [0, 0.05) is 12.6 Å². The molecule has 0 aromatic heterocycles. The van der Waals surface area contributed by atoms with Crippen LogP contribution in [-0.4, -0.2) is 12.6 Å². The summed E-state index contributed by atoms with van der Waals surface area (Å²) >= 11 is 0. The molecule has 1 aliphatic rings. The summed E-state index contributed by atoms with van der Waals surface area (Å²) in [5, 5.41) is 3.75. The molecule has 1 saturated carbocycles. The zero-order valence-electron chi connectivity index (χ0n) is 11.3. The highest BCUT2D eigenvalue weighted by Gasteiger charge is 2.27. The van der Waals surface area contributed by atoms with Crippen LogP contribution in [0.5, 0.6) is 0 Å². The van der Waals surface area contributed by atoms with Crippen LogP contribution in [0.15, 0.2) is 0 Å². The first-order valence-corrected chi connectivity index (χ1v) is 6.58. The van der Waals surface area contributed by atoms with E-state index in [2.05, 4.69) is 39.9 Å². The number of hydrogen-bond donors (Lipinski definition) is 1. The Morgan fingerprint density at radius 1 is 1.20 bits per heavy atom. The van der Waals surface area contributed by atoms with E-state index >= 15 is 0 Å². The minimum absolute atomic E-state index is 0.465. The summed E-state index contributed by atoms with van der Waals surface area (Å²) < 4.78 is 0. The van der Waals surface area contributed by atoms with Gasteiger partial charge in [-0.1, -0.05) is 34.6 Å². The molecule has 1 nitrogen and oxygen atoms in total. The quantitative estimate of drug-likeness (QED) is 0.741. The van der Waals surface area contributed by atoms with Gasteiger partial charge in [0.2, 0.25) is 0 Å². The van der Waals surface area contributed by atoms with Crippen molar-refractivity contribution in [1.82, 2.24) is 5.32 Å². The lowest BCUT2D eigenvalue weighted by Crippen LogP contribution is -2.40. The largest absolute Gasteiger partial charge is 0.313 e. The second-order valence-electron chi connectivity index (χ2n) is 6.84. The normalized spacial score (nSPS) is 23.0. The van der Waals surface area contributed by atoms with Crippen LogP contribution in [0.2, 0.25) is 0 Å². The Morgan fingerprint density at radius 2 is 1.73 bits per heavy atom. The van der Waals surface area contributed by atoms with E-state index in [9.17, 15) is 0 Å². The molecule has 0 aliphatic heterocycles. The molecule has 0 radical (unpaired) electrons. The van der Waals surface area contributed by atoms with Gasteiger partial charge >= 0.3 is 0 Å². The molecule has 0 aromatic rings. The zero-order chi connectivity index (χ0) is 11.5. The SMILES string of the molecule is CCC(C)(C)CNC1CCC(C)(C)CC1. The lowest BCUT2D eigenvalue weighted by atomic mass is 9.75. The molecule has 0 heterocycles. The van der Waals surface area contributed by atoms with Gasteiger partial charge < -0.3 is 5.32 Å². The number of nitrogens with one attached hydrogen (secondary N) is 1. The standard InChI is InChI=1S/C14H29N/c1-6-13(2,3)11-15-12-7-9-14(4,5)10-8-12/h12,15H,6-11H2,1-5H3. The van der Waals surface area contributed by atoms with E-state index in [1.54, 1.807) is 0 Å². The van der Waals surface area contributed by atoms with E-state index in [1.807, 2.05) is 0 Å². The first kappa shape index (κ1) is 13.0. The highest BCUT2D eigenvalue weighted by Crippen LogP contribution is 2.35. The predicted molar refractivity (Wildman–Crippen MR) is 68.1 cm³/mol. The van der Waals surface area contributed by atoms with Gasteiger partial charge in [-0.05, 0) is 42.9 Å². The van der Waals surface area contributed by atoms with E-state index in [1.165, 1.54) is 38.6 Å². The molecule has 0 saturated heterocycles. The molecule has 1 rings (SSSR count). The molecule has 0 bridgehead atoms. The molecule has 15 heavy (non-hydrogen) atoms. The maximum atomic E-state index is 3.75. The smallest absolute Gasteiger partial charge is 0.00676 e. The van der Waals surface area contributed by atoms with Crippen LogP contribution >= 0.6 is 0 Å². The molecule has 0 aromatic carbocycles. The third-order valence-corrected chi connectivity index (χ3v) is 4.17. The van der Waals surface area contributed by atoms with Crippen LogP contribution in [-0.2, 0) is 0 Å². The summed E-state index contributed by atoms with van der Waals surface area (Å²) in [6.45, 7) is 13.0. The van der Waals surface area contributed by atoms with Gasteiger partial charge in [0.05, 0.1) is 0 Å². The van der Waals surface area contributed by atoms with Crippen molar-refractivity contribution in [2.45, 2.75) is 72.8 Å². The molecule has 0 spiro atoms. The van der Waals surface area contributed by atoms with Gasteiger partial charge in [-0.25, -0.2) is 0 Å². The van der Waals surface area contributed by atoms with Crippen LogP contribution in [0.25, 0.3) is 0 Å². The fourth-order valence-electron chi connectivity index (χ4n) is 2.15. The molecule has 0 unspecified atom stereocenters. The van der Waals surface area contributed by atoms with Crippen LogP contribution < -0.4 is 5.32 Å². The van der Waals surface area contributed by atoms with Gasteiger partial charge in [0.1, 0.15) is 0 Å². The average molecular weight is 211 g/mol. The van der Waals surface area contributed by atoms with Crippen LogP contribution in [0.3, 0.4) is 0 Å². The van der Waals surface area contributed by atoms with E-state index in [0.29, 0.717) is 10.8 Å². The molecule has 90 valence electrons. The number of hydrogen-bond acceptors (Lipinski definition) is 1. The van der Waals surface area contributed by atoms with Crippen LogP contribution in [0.1, 0.15) is 66.7 Å². The molecule has 1 aliphatic carbocycles. The molecule has 1 N–H and O–H groups in total. The summed E-state index contributed by atoms with van der Waals surface area (Å²) in [5.41, 5.74) is 1.06. The molecule has 0 atom stereocenters. The Morgan fingerprint density at radius 3 is 2.20 bits per heavy atom. The first-order valence-electron chi connectivity index (χ1n) is 6.58. The van der Waals surface area contributed by atoms with Crippen molar-refractivity contribution < 1.29 is 0 Å². The minimum Gasteiger partial charge on any atom is -0.313 e. The van der Waals surface area contributed by atoms with E-state index in [-0.39, 0.29) is 0 Å². The predicted octanol–water partition coefficient (Wildman–Crippen LogP) is 3.98. The van der Waals surface area contributed by atoms with E-state index in [4.69, 9.17) is 0 Å². The Labute approximate surface area is 96.0 Å².